The Balaban J connectivity index is 0.707. The first-order valence-electron chi connectivity index (χ1n) is 24.0. The van der Waals surface area contributed by atoms with Crippen LogP contribution in [-0.2, 0) is 58.8 Å². The standard InChI is InChI=1S/C51H56N10O6/c1-3-22-60-49(65)40-27-52-50(56-46(40)61(60)41-15-11-32-17-21-51(66,4-2)45(32)54-41)53-36-12-9-35-29-59(25-19-34(35)26-36)48(64)33-7-5-30(6-8-33)28-58-23-18-31-10-13-38-43(39-14-16-42(62)55-47(39)63)57-67-44(38)37(31)20-24-58/h3,9-13,15,26-27,30,33,39,66H,1,4-8,14,16-25,28-29H2,2H3,(H,52,53,56)(H,55,62,63)/t30?,33?,39?,51-/m1/s1. The smallest absolute Gasteiger partial charge is 0.278 e. The van der Waals surface area contributed by atoms with Gasteiger partial charge in [-0.3, -0.25) is 24.5 Å². The zero-order valence-electron chi connectivity index (χ0n) is 37.9. The summed E-state index contributed by atoms with van der Waals surface area (Å²) >= 11 is 0. The molecule has 1 unspecified atom stereocenters. The molecule has 16 heteroatoms. The fourth-order valence-electron chi connectivity index (χ4n) is 11.5. The van der Waals surface area contributed by atoms with Crippen LogP contribution in [0.25, 0.3) is 27.8 Å². The Hall–Kier alpha value is -6.52. The van der Waals surface area contributed by atoms with E-state index in [2.05, 4.69) is 50.5 Å². The molecule has 11 rings (SSSR count). The predicted molar refractivity (Wildman–Crippen MR) is 251 cm³/mol. The van der Waals surface area contributed by atoms with E-state index in [4.69, 9.17) is 14.5 Å². The van der Waals surface area contributed by atoms with Crippen LogP contribution in [0.15, 0.2) is 70.6 Å². The van der Waals surface area contributed by atoms with E-state index >= 15 is 0 Å². The highest BCUT2D eigenvalue weighted by molar-refractivity contribution is 6.02. The fraction of sp³-hybridized carbons (Fsp3) is 0.451. The van der Waals surface area contributed by atoms with Crippen LogP contribution in [-0.4, -0.2) is 88.3 Å². The topological polar surface area (TPSA) is 194 Å². The van der Waals surface area contributed by atoms with E-state index in [0.29, 0.717) is 78.9 Å². The molecular weight excluding hydrogens is 849 g/mol. The first kappa shape index (κ1) is 43.1. The third kappa shape index (κ3) is 7.82. The lowest BCUT2D eigenvalue weighted by molar-refractivity contribution is -0.138. The monoisotopic (exact) mass is 904 g/mol. The second kappa shape index (κ2) is 17.3. The summed E-state index contributed by atoms with van der Waals surface area (Å²) in [5, 5.41) is 22.7. The largest absolute Gasteiger partial charge is 0.384 e. The second-order valence-electron chi connectivity index (χ2n) is 19.3. The molecule has 3 aliphatic heterocycles. The first-order chi connectivity index (χ1) is 32.6. The van der Waals surface area contributed by atoms with Crippen molar-refractivity contribution in [3.63, 3.8) is 0 Å². The third-order valence-electron chi connectivity index (χ3n) is 15.3. The lowest BCUT2D eigenvalue weighted by atomic mass is 9.80. The summed E-state index contributed by atoms with van der Waals surface area (Å²) in [6.07, 6.45) is 12.3. The molecule has 6 aromatic rings. The van der Waals surface area contributed by atoms with Gasteiger partial charge in [0, 0.05) is 67.9 Å². The van der Waals surface area contributed by atoms with Crippen LogP contribution in [0.4, 0.5) is 11.6 Å². The molecule has 2 fully saturated rings. The number of piperidine rings is 1. The Morgan fingerprint density at radius 2 is 1.73 bits per heavy atom. The number of aliphatic hydroxyl groups is 1. The zero-order valence-corrected chi connectivity index (χ0v) is 37.9. The van der Waals surface area contributed by atoms with Crippen molar-refractivity contribution >= 4 is 51.4 Å². The lowest BCUT2D eigenvalue weighted by Gasteiger charge is -2.36. The number of rotatable bonds is 10. The molecular formula is C51H56N10O6. The van der Waals surface area contributed by atoms with Gasteiger partial charge >= 0.3 is 0 Å². The number of carbonyl (C=O) groups excluding carboxylic acids is 3. The van der Waals surface area contributed by atoms with Gasteiger partial charge in [0.15, 0.2) is 17.0 Å². The molecule has 2 aromatic carbocycles. The van der Waals surface area contributed by atoms with Gasteiger partial charge in [0.05, 0.1) is 18.2 Å². The van der Waals surface area contributed by atoms with Gasteiger partial charge in [0.25, 0.3) is 5.56 Å². The minimum absolute atomic E-state index is 0.0427. The number of benzene rings is 2. The Kier molecular flexibility index (Phi) is 11.1. The number of aromatic nitrogens is 6. The van der Waals surface area contributed by atoms with Crippen LogP contribution in [0.1, 0.15) is 103 Å². The molecule has 346 valence electrons. The fourth-order valence-corrected chi connectivity index (χ4v) is 11.5. The van der Waals surface area contributed by atoms with Crippen molar-refractivity contribution in [3.05, 3.63) is 111 Å². The molecule has 16 nitrogen and oxygen atoms in total. The molecule has 2 atom stereocenters. The minimum Gasteiger partial charge on any atom is -0.384 e. The number of fused-ring (bicyclic) bond motifs is 6. The van der Waals surface area contributed by atoms with E-state index in [1.165, 1.54) is 16.7 Å². The number of aryl methyl sites for hydroxylation is 1. The molecule has 1 saturated carbocycles. The van der Waals surface area contributed by atoms with E-state index < -0.39 is 11.5 Å². The average molecular weight is 905 g/mol. The third-order valence-corrected chi connectivity index (χ3v) is 15.3. The van der Waals surface area contributed by atoms with Crippen molar-refractivity contribution in [1.29, 1.82) is 0 Å². The van der Waals surface area contributed by atoms with E-state index in [1.54, 1.807) is 21.6 Å². The van der Waals surface area contributed by atoms with Gasteiger partial charge in [-0.25, -0.2) is 19.3 Å². The molecule has 3 amide bonds. The van der Waals surface area contributed by atoms with Crippen molar-refractivity contribution < 1.29 is 24.0 Å². The molecule has 0 spiro atoms. The van der Waals surface area contributed by atoms with Crippen LogP contribution in [0.3, 0.4) is 0 Å². The Morgan fingerprint density at radius 3 is 2.55 bits per heavy atom. The number of hydrogen-bond donors (Lipinski definition) is 3. The summed E-state index contributed by atoms with van der Waals surface area (Å²) in [7, 11) is 0. The number of pyridine rings is 1. The maximum atomic E-state index is 14.0. The zero-order chi connectivity index (χ0) is 46.0. The highest BCUT2D eigenvalue weighted by Crippen LogP contribution is 2.39. The van der Waals surface area contributed by atoms with Crippen LogP contribution in [0.2, 0.25) is 0 Å². The second-order valence-corrected chi connectivity index (χ2v) is 19.3. The summed E-state index contributed by atoms with van der Waals surface area (Å²) in [6.45, 7) is 10.2. The average Bonchev–Trinajstić information content (AvgIpc) is 3.95. The van der Waals surface area contributed by atoms with Gasteiger partial charge in [-0.15, -0.1) is 6.58 Å². The van der Waals surface area contributed by atoms with Crippen LogP contribution < -0.4 is 16.2 Å². The summed E-state index contributed by atoms with van der Waals surface area (Å²) in [5.74, 6) is 0.657. The maximum Gasteiger partial charge on any atom is 0.278 e. The van der Waals surface area contributed by atoms with Crippen LogP contribution in [0.5, 0.6) is 0 Å². The summed E-state index contributed by atoms with van der Waals surface area (Å²) in [6, 6.07) is 14.2. The number of nitrogens with one attached hydrogen (secondary N) is 2. The van der Waals surface area contributed by atoms with Crippen LogP contribution >= 0.6 is 0 Å². The van der Waals surface area contributed by atoms with Gasteiger partial charge in [0.2, 0.25) is 23.7 Å². The van der Waals surface area contributed by atoms with Gasteiger partial charge in [-0.05, 0) is 123 Å². The van der Waals surface area contributed by atoms with Gasteiger partial charge < -0.3 is 24.7 Å². The van der Waals surface area contributed by atoms with Gasteiger partial charge in [-0.1, -0.05) is 36.4 Å². The summed E-state index contributed by atoms with van der Waals surface area (Å²) in [4.78, 5) is 70.8. The Morgan fingerprint density at radius 1 is 0.925 bits per heavy atom. The summed E-state index contributed by atoms with van der Waals surface area (Å²) in [5.41, 5.74) is 7.75. The predicted octanol–water partition coefficient (Wildman–Crippen LogP) is 5.90. The molecule has 7 heterocycles. The normalized spacial score (nSPS) is 23.1. The van der Waals surface area contributed by atoms with E-state index in [-0.39, 0.29) is 35.7 Å². The number of nitrogens with zero attached hydrogens (tertiary/aromatic N) is 8. The van der Waals surface area contributed by atoms with Gasteiger partial charge in [-0.2, -0.15) is 4.98 Å². The number of allylic oxidation sites excluding steroid dienone is 1. The number of imide groups is 1. The molecule has 3 N–H and O–H groups in total. The summed E-state index contributed by atoms with van der Waals surface area (Å²) < 4.78 is 9.14. The highest BCUT2D eigenvalue weighted by atomic mass is 16.5. The number of hydrogen-bond acceptors (Lipinski definition) is 12. The molecule has 2 aliphatic carbocycles. The Labute approximate surface area is 387 Å². The van der Waals surface area contributed by atoms with Crippen molar-refractivity contribution in [2.45, 2.75) is 109 Å². The van der Waals surface area contributed by atoms with E-state index in [1.807, 2.05) is 36.1 Å². The van der Waals surface area contributed by atoms with E-state index in [9.17, 15) is 24.3 Å². The lowest BCUT2D eigenvalue weighted by Crippen LogP contribution is -2.41. The van der Waals surface area contributed by atoms with Crippen molar-refractivity contribution in [2.75, 3.05) is 31.5 Å². The van der Waals surface area contributed by atoms with Crippen molar-refractivity contribution in [2.24, 2.45) is 11.8 Å². The first-order valence-corrected chi connectivity index (χ1v) is 24.0. The molecule has 5 aliphatic rings. The van der Waals surface area contributed by atoms with E-state index in [0.717, 1.165) is 98.8 Å². The molecule has 1 saturated heterocycles. The Bertz CT molecular complexity index is 3040. The SMILES string of the molecule is C=CCn1c(=O)c2cnc(Nc3ccc4c(c3)CCN(C(=O)C3CCC(CN5CCc6ccc7c(C8CCC(=O)NC8=O)noc7c6CC5)CC3)C4)nc2n1-c1ccc2c(n1)[C@@](O)(CC)CC2. The van der Waals surface area contributed by atoms with Crippen LogP contribution in [0, 0.1) is 11.8 Å². The molecule has 0 bridgehead atoms. The molecule has 0 radical (unpaired) electrons. The highest BCUT2D eigenvalue weighted by Gasteiger charge is 2.38. The number of amides is 3. The maximum absolute atomic E-state index is 14.0. The quantitative estimate of drug-likeness (QED) is 0.109. The van der Waals surface area contributed by atoms with Crippen molar-refractivity contribution in [1.82, 2.24) is 44.6 Å². The molecule has 67 heavy (non-hydrogen) atoms. The number of carbonyl (C=O) groups is 3. The number of anilines is 2. The van der Waals surface area contributed by atoms with Gasteiger partial charge in [0.1, 0.15) is 16.7 Å². The molecule has 4 aromatic heterocycles. The minimum atomic E-state index is -1.01. The van der Waals surface area contributed by atoms with Crippen molar-refractivity contribution in [3.8, 4) is 5.82 Å².